The Morgan fingerprint density at radius 1 is 1.43 bits per heavy atom. The van der Waals surface area contributed by atoms with E-state index in [1.807, 2.05) is 0 Å². The largest absolute Gasteiger partial charge is 0.178 e. The van der Waals surface area contributed by atoms with E-state index in [4.69, 9.17) is 6.42 Å². The van der Waals surface area contributed by atoms with Crippen molar-refractivity contribution >= 4 is 25.3 Å². The van der Waals surface area contributed by atoms with E-state index in [1.54, 1.807) is 0 Å². The molecular weight excluding hydrogens is 124 g/mol. The van der Waals surface area contributed by atoms with Gasteiger partial charge in [0, 0.05) is 17.4 Å². The first kappa shape index (κ1) is 7.26. The van der Waals surface area contributed by atoms with E-state index in [0.29, 0.717) is 0 Å². The van der Waals surface area contributed by atoms with Gasteiger partial charge in [0.25, 0.3) is 0 Å². The van der Waals surface area contributed by atoms with Gasteiger partial charge in [-0.2, -0.15) is 25.3 Å². The summed E-state index contributed by atoms with van der Waals surface area (Å²) in [4.78, 5) is 0. The first-order chi connectivity index (χ1) is 3.35. The van der Waals surface area contributed by atoms with Crippen molar-refractivity contribution < 1.29 is 0 Å². The summed E-state index contributed by atoms with van der Waals surface area (Å²) in [6.07, 6.45) is 5.05. The first-order valence-corrected chi connectivity index (χ1v) is 3.29. The molecule has 0 N–H and O–H groups in total. The Labute approximate surface area is 55.5 Å². The van der Waals surface area contributed by atoms with Crippen LogP contribution in [0, 0.1) is 18.3 Å². The van der Waals surface area contributed by atoms with Gasteiger partial charge in [0.1, 0.15) is 0 Å². The summed E-state index contributed by atoms with van der Waals surface area (Å²) >= 11 is 7.97. The summed E-state index contributed by atoms with van der Waals surface area (Å²) in [5, 5.41) is 0. The summed E-state index contributed by atoms with van der Waals surface area (Å²) in [6.45, 7) is 0. The van der Waals surface area contributed by atoms with E-state index in [-0.39, 0.29) is 5.92 Å². The Kier molecular flexibility index (Phi) is 4.58. The third-order valence-electron chi connectivity index (χ3n) is 0.676. The molecule has 0 radical (unpaired) electrons. The van der Waals surface area contributed by atoms with Crippen LogP contribution in [0.3, 0.4) is 0 Å². The molecule has 2 heteroatoms. The van der Waals surface area contributed by atoms with Gasteiger partial charge in [0.15, 0.2) is 0 Å². The molecule has 0 spiro atoms. The van der Waals surface area contributed by atoms with Crippen molar-refractivity contribution in [2.45, 2.75) is 0 Å². The lowest BCUT2D eigenvalue weighted by atomic mass is 10.2. The summed E-state index contributed by atoms with van der Waals surface area (Å²) in [7, 11) is 0. The zero-order valence-electron chi connectivity index (χ0n) is 3.96. The number of thiol groups is 2. The maximum atomic E-state index is 5.05. The number of hydrogen-bond donors (Lipinski definition) is 2. The Hall–Kier alpha value is 0.260. The summed E-state index contributed by atoms with van der Waals surface area (Å²) < 4.78 is 0. The SMILES string of the molecule is C#CC(CS)CS. The lowest BCUT2D eigenvalue weighted by molar-refractivity contribution is 0.907. The Morgan fingerprint density at radius 3 is 1.86 bits per heavy atom. The molecule has 0 saturated carbocycles. The number of terminal acetylenes is 1. The molecule has 0 aromatic heterocycles. The smallest absolute Gasteiger partial charge is 0.0376 e. The molecule has 0 bridgehead atoms. The average molecular weight is 132 g/mol. The van der Waals surface area contributed by atoms with Crippen molar-refractivity contribution in [3.8, 4) is 12.3 Å². The van der Waals surface area contributed by atoms with E-state index in [9.17, 15) is 0 Å². The summed E-state index contributed by atoms with van der Waals surface area (Å²) in [5.41, 5.74) is 0. The minimum atomic E-state index is 0.242. The third-order valence-corrected chi connectivity index (χ3v) is 1.56. The fraction of sp³-hybridized carbons (Fsp3) is 0.600. The fourth-order valence-electron chi connectivity index (χ4n) is 0.163. The van der Waals surface area contributed by atoms with Gasteiger partial charge in [0.2, 0.25) is 0 Å². The van der Waals surface area contributed by atoms with E-state index in [0.717, 1.165) is 11.5 Å². The molecule has 40 valence electrons. The van der Waals surface area contributed by atoms with Crippen LogP contribution in [-0.4, -0.2) is 11.5 Å². The van der Waals surface area contributed by atoms with Gasteiger partial charge in [-0.05, 0) is 0 Å². The van der Waals surface area contributed by atoms with Gasteiger partial charge in [-0.15, -0.1) is 12.3 Å². The second-order valence-electron chi connectivity index (χ2n) is 1.23. The molecular formula is C5H8S2. The van der Waals surface area contributed by atoms with Crippen molar-refractivity contribution in [2.24, 2.45) is 5.92 Å². The van der Waals surface area contributed by atoms with Crippen LogP contribution in [0.1, 0.15) is 0 Å². The van der Waals surface area contributed by atoms with Crippen LogP contribution in [0.5, 0.6) is 0 Å². The van der Waals surface area contributed by atoms with Crippen molar-refractivity contribution in [1.82, 2.24) is 0 Å². The van der Waals surface area contributed by atoms with Gasteiger partial charge in [-0.1, -0.05) is 0 Å². The van der Waals surface area contributed by atoms with Crippen LogP contribution >= 0.6 is 25.3 Å². The third kappa shape index (κ3) is 2.90. The molecule has 0 heterocycles. The highest BCUT2D eigenvalue weighted by Gasteiger charge is 1.94. The Balaban J connectivity index is 3.23. The highest BCUT2D eigenvalue weighted by Crippen LogP contribution is 1.97. The first-order valence-electron chi connectivity index (χ1n) is 2.03. The molecule has 0 aromatic carbocycles. The predicted molar refractivity (Wildman–Crippen MR) is 40.0 cm³/mol. The zero-order valence-corrected chi connectivity index (χ0v) is 5.75. The molecule has 0 fully saturated rings. The van der Waals surface area contributed by atoms with Crippen LogP contribution in [0.2, 0.25) is 0 Å². The number of rotatable bonds is 2. The van der Waals surface area contributed by atoms with Gasteiger partial charge >= 0.3 is 0 Å². The van der Waals surface area contributed by atoms with Crippen LogP contribution in [0.15, 0.2) is 0 Å². The van der Waals surface area contributed by atoms with Crippen molar-refractivity contribution in [2.75, 3.05) is 11.5 Å². The fourth-order valence-corrected chi connectivity index (χ4v) is 0.836. The van der Waals surface area contributed by atoms with Gasteiger partial charge < -0.3 is 0 Å². The molecule has 0 unspecified atom stereocenters. The van der Waals surface area contributed by atoms with Crippen LogP contribution in [0.4, 0.5) is 0 Å². The second-order valence-corrected chi connectivity index (χ2v) is 1.96. The van der Waals surface area contributed by atoms with Crippen LogP contribution < -0.4 is 0 Å². The molecule has 7 heavy (non-hydrogen) atoms. The second kappa shape index (κ2) is 4.42. The molecule has 0 atom stereocenters. The standard InChI is InChI=1S/C5H8S2/c1-2-5(3-6)4-7/h1,5-7H,3-4H2. The molecule has 0 amide bonds. The number of hydrogen-bond acceptors (Lipinski definition) is 2. The topological polar surface area (TPSA) is 0 Å². The van der Waals surface area contributed by atoms with Crippen LogP contribution in [0.25, 0.3) is 0 Å². The normalized spacial score (nSPS) is 8.86. The quantitative estimate of drug-likeness (QED) is 0.408. The maximum absolute atomic E-state index is 5.05. The van der Waals surface area contributed by atoms with Crippen molar-refractivity contribution in [3.63, 3.8) is 0 Å². The maximum Gasteiger partial charge on any atom is 0.0376 e. The monoisotopic (exact) mass is 132 g/mol. The van der Waals surface area contributed by atoms with E-state index < -0.39 is 0 Å². The summed E-state index contributed by atoms with van der Waals surface area (Å²) in [5.74, 6) is 4.26. The van der Waals surface area contributed by atoms with Gasteiger partial charge in [-0.3, -0.25) is 0 Å². The molecule has 0 nitrogen and oxygen atoms in total. The average Bonchev–Trinajstić information content (AvgIpc) is 1.72. The lowest BCUT2D eigenvalue weighted by Crippen LogP contribution is -1.98. The molecule has 0 aliphatic carbocycles. The molecule has 0 aromatic rings. The van der Waals surface area contributed by atoms with E-state index >= 15 is 0 Å². The van der Waals surface area contributed by atoms with Crippen LogP contribution in [-0.2, 0) is 0 Å². The minimum Gasteiger partial charge on any atom is -0.178 e. The van der Waals surface area contributed by atoms with Gasteiger partial charge in [0.05, 0.1) is 0 Å². The molecule has 0 saturated heterocycles. The summed E-state index contributed by atoms with van der Waals surface area (Å²) in [6, 6.07) is 0. The lowest BCUT2D eigenvalue weighted by Gasteiger charge is -1.97. The Bertz CT molecular complexity index is 68.6. The zero-order chi connectivity index (χ0) is 5.70. The predicted octanol–water partition coefficient (Wildman–Crippen LogP) is 1.10. The molecule has 0 aliphatic rings. The molecule has 0 rings (SSSR count). The molecule has 0 aliphatic heterocycles. The van der Waals surface area contributed by atoms with Gasteiger partial charge in [-0.25, -0.2) is 0 Å². The highest BCUT2D eigenvalue weighted by atomic mass is 32.1. The highest BCUT2D eigenvalue weighted by molar-refractivity contribution is 7.81. The van der Waals surface area contributed by atoms with Crippen molar-refractivity contribution in [3.05, 3.63) is 0 Å². The minimum absolute atomic E-state index is 0.242. The van der Waals surface area contributed by atoms with Crippen molar-refractivity contribution in [1.29, 1.82) is 0 Å². The Morgan fingerprint density at radius 2 is 1.86 bits per heavy atom. The van der Waals surface area contributed by atoms with E-state index in [2.05, 4.69) is 31.2 Å². The van der Waals surface area contributed by atoms with E-state index in [1.165, 1.54) is 0 Å².